The third-order valence-corrected chi connectivity index (χ3v) is 3.22. The van der Waals surface area contributed by atoms with Crippen molar-refractivity contribution in [2.75, 3.05) is 14.2 Å². The van der Waals surface area contributed by atoms with E-state index in [0.29, 0.717) is 6.54 Å². The van der Waals surface area contributed by atoms with Crippen molar-refractivity contribution in [1.82, 2.24) is 9.88 Å². The van der Waals surface area contributed by atoms with Crippen LogP contribution in [0.1, 0.15) is 11.3 Å². The van der Waals surface area contributed by atoms with E-state index in [-0.39, 0.29) is 11.6 Å². The Kier molecular flexibility index (Phi) is 4.28. The first-order valence-corrected chi connectivity index (χ1v) is 6.51. The number of methoxy groups -OCH3 is 1. The molecule has 0 atom stereocenters. The van der Waals surface area contributed by atoms with Crippen LogP contribution in [0.25, 0.3) is 0 Å². The predicted molar refractivity (Wildman–Crippen MR) is 70.2 cm³/mol. The number of thiazole rings is 1. The molecule has 18 heavy (non-hydrogen) atoms. The van der Waals surface area contributed by atoms with Crippen molar-refractivity contribution in [3.63, 3.8) is 0 Å². The normalized spacial score (nSPS) is 10.9. The molecule has 2 rings (SSSR count). The standard InChI is InChI=1S/C13H15FN2OS/c1-16(7-11-8-18-9-15-11)6-10-3-4-13(17-2)12(14)5-10/h3-5,8-9H,6-7H2,1-2H3. The average molecular weight is 266 g/mol. The zero-order valence-electron chi connectivity index (χ0n) is 10.4. The minimum Gasteiger partial charge on any atom is -0.494 e. The minimum atomic E-state index is -0.322. The lowest BCUT2D eigenvalue weighted by molar-refractivity contribution is 0.314. The molecule has 0 spiro atoms. The highest BCUT2D eigenvalue weighted by Gasteiger charge is 2.07. The fourth-order valence-corrected chi connectivity index (χ4v) is 2.32. The van der Waals surface area contributed by atoms with E-state index < -0.39 is 0 Å². The number of hydrogen-bond donors (Lipinski definition) is 0. The van der Waals surface area contributed by atoms with Crippen molar-refractivity contribution in [1.29, 1.82) is 0 Å². The lowest BCUT2D eigenvalue weighted by Gasteiger charge is -2.15. The summed E-state index contributed by atoms with van der Waals surface area (Å²) in [5.74, 6) is -0.0436. The van der Waals surface area contributed by atoms with Crippen LogP contribution in [0.3, 0.4) is 0 Å². The highest BCUT2D eigenvalue weighted by atomic mass is 32.1. The van der Waals surface area contributed by atoms with Gasteiger partial charge in [-0.3, -0.25) is 4.90 Å². The zero-order valence-corrected chi connectivity index (χ0v) is 11.2. The fraction of sp³-hybridized carbons (Fsp3) is 0.308. The van der Waals surface area contributed by atoms with E-state index in [1.165, 1.54) is 13.2 Å². The molecule has 0 aliphatic rings. The molecule has 0 aliphatic carbocycles. The molecular weight excluding hydrogens is 251 g/mol. The molecule has 2 aromatic rings. The monoisotopic (exact) mass is 266 g/mol. The molecule has 0 radical (unpaired) electrons. The SMILES string of the molecule is COc1ccc(CN(C)Cc2cscn2)cc1F. The van der Waals surface area contributed by atoms with E-state index in [9.17, 15) is 4.39 Å². The number of ether oxygens (including phenoxy) is 1. The Morgan fingerprint density at radius 2 is 2.22 bits per heavy atom. The van der Waals surface area contributed by atoms with E-state index in [1.807, 2.05) is 24.0 Å². The van der Waals surface area contributed by atoms with Crippen molar-refractivity contribution < 1.29 is 9.13 Å². The first-order chi connectivity index (χ1) is 8.69. The van der Waals surface area contributed by atoms with Crippen LogP contribution in [-0.2, 0) is 13.1 Å². The minimum absolute atomic E-state index is 0.279. The topological polar surface area (TPSA) is 25.4 Å². The summed E-state index contributed by atoms with van der Waals surface area (Å²) in [7, 11) is 3.45. The maximum absolute atomic E-state index is 13.5. The Labute approximate surface area is 110 Å². The van der Waals surface area contributed by atoms with Gasteiger partial charge in [0.1, 0.15) is 0 Å². The Hall–Kier alpha value is -1.46. The van der Waals surface area contributed by atoms with E-state index in [0.717, 1.165) is 17.8 Å². The van der Waals surface area contributed by atoms with Gasteiger partial charge in [-0.05, 0) is 24.7 Å². The van der Waals surface area contributed by atoms with Gasteiger partial charge in [-0.2, -0.15) is 0 Å². The summed E-state index contributed by atoms with van der Waals surface area (Å²) in [6.07, 6.45) is 0. The summed E-state index contributed by atoms with van der Waals surface area (Å²) in [5, 5.41) is 2.02. The molecule has 0 saturated heterocycles. The van der Waals surface area contributed by atoms with E-state index in [4.69, 9.17) is 4.74 Å². The molecule has 3 nitrogen and oxygen atoms in total. The summed E-state index contributed by atoms with van der Waals surface area (Å²) in [6, 6.07) is 5.04. The van der Waals surface area contributed by atoms with Crippen LogP contribution in [0, 0.1) is 5.82 Å². The van der Waals surface area contributed by atoms with E-state index in [1.54, 1.807) is 17.4 Å². The lowest BCUT2D eigenvalue weighted by Crippen LogP contribution is -2.17. The Morgan fingerprint density at radius 1 is 1.39 bits per heavy atom. The van der Waals surface area contributed by atoms with Crippen molar-refractivity contribution in [3.05, 3.63) is 46.2 Å². The number of aromatic nitrogens is 1. The zero-order chi connectivity index (χ0) is 13.0. The molecule has 1 heterocycles. The molecule has 1 aromatic heterocycles. The number of rotatable bonds is 5. The number of nitrogens with zero attached hydrogens (tertiary/aromatic N) is 2. The van der Waals surface area contributed by atoms with Gasteiger partial charge in [0.2, 0.25) is 0 Å². The van der Waals surface area contributed by atoms with Crippen LogP contribution >= 0.6 is 11.3 Å². The summed E-state index contributed by atoms with van der Waals surface area (Å²) in [5.41, 5.74) is 3.78. The number of halogens is 1. The second-order valence-corrected chi connectivity index (χ2v) is 4.84. The van der Waals surface area contributed by atoms with Gasteiger partial charge < -0.3 is 4.74 Å². The van der Waals surface area contributed by atoms with Gasteiger partial charge in [0.25, 0.3) is 0 Å². The fourth-order valence-electron chi connectivity index (χ4n) is 1.77. The second kappa shape index (κ2) is 5.93. The number of benzene rings is 1. The molecule has 1 aromatic carbocycles. The third kappa shape index (κ3) is 3.27. The van der Waals surface area contributed by atoms with Crippen LogP contribution in [0.15, 0.2) is 29.1 Å². The van der Waals surface area contributed by atoms with Crippen LogP contribution in [0.4, 0.5) is 4.39 Å². The highest BCUT2D eigenvalue weighted by Crippen LogP contribution is 2.18. The smallest absolute Gasteiger partial charge is 0.165 e. The Morgan fingerprint density at radius 3 is 2.83 bits per heavy atom. The van der Waals surface area contributed by atoms with Gasteiger partial charge in [-0.15, -0.1) is 11.3 Å². The maximum atomic E-state index is 13.5. The van der Waals surface area contributed by atoms with E-state index >= 15 is 0 Å². The summed E-state index contributed by atoms with van der Waals surface area (Å²) in [4.78, 5) is 6.32. The lowest BCUT2D eigenvalue weighted by atomic mass is 10.2. The summed E-state index contributed by atoms with van der Waals surface area (Å²) < 4.78 is 18.4. The van der Waals surface area contributed by atoms with E-state index in [2.05, 4.69) is 9.88 Å². The second-order valence-electron chi connectivity index (χ2n) is 4.12. The van der Waals surface area contributed by atoms with Crippen molar-refractivity contribution in [2.24, 2.45) is 0 Å². The van der Waals surface area contributed by atoms with Crippen molar-refractivity contribution in [3.8, 4) is 5.75 Å². The number of hydrogen-bond acceptors (Lipinski definition) is 4. The molecule has 5 heteroatoms. The Bertz CT molecular complexity index is 502. The average Bonchev–Trinajstić information content (AvgIpc) is 2.82. The maximum Gasteiger partial charge on any atom is 0.165 e. The van der Waals surface area contributed by atoms with Crippen LogP contribution in [-0.4, -0.2) is 24.0 Å². The third-order valence-electron chi connectivity index (χ3n) is 2.58. The van der Waals surface area contributed by atoms with Crippen molar-refractivity contribution in [2.45, 2.75) is 13.1 Å². The largest absolute Gasteiger partial charge is 0.494 e. The molecule has 0 bridgehead atoms. The Balaban J connectivity index is 1.98. The first-order valence-electron chi connectivity index (χ1n) is 5.57. The highest BCUT2D eigenvalue weighted by molar-refractivity contribution is 7.07. The molecule has 96 valence electrons. The molecular formula is C13H15FN2OS. The first kappa shape index (κ1) is 13.0. The van der Waals surface area contributed by atoms with Crippen molar-refractivity contribution >= 4 is 11.3 Å². The molecule has 0 amide bonds. The molecule has 0 N–H and O–H groups in total. The van der Waals surface area contributed by atoms with Gasteiger partial charge in [0, 0.05) is 18.5 Å². The molecule has 0 unspecified atom stereocenters. The van der Waals surface area contributed by atoms with Crippen LogP contribution in [0.2, 0.25) is 0 Å². The van der Waals surface area contributed by atoms with Gasteiger partial charge >= 0.3 is 0 Å². The van der Waals surface area contributed by atoms with Gasteiger partial charge in [0.15, 0.2) is 11.6 Å². The van der Waals surface area contributed by atoms with Gasteiger partial charge in [-0.1, -0.05) is 6.07 Å². The quantitative estimate of drug-likeness (QED) is 0.832. The van der Waals surface area contributed by atoms with Gasteiger partial charge in [-0.25, -0.2) is 9.37 Å². The molecule has 0 aliphatic heterocycles. The summed E-state index contributed by atoms with van der Waals surface area (Å²) >= 11 is 1.58. The van der Waals surface area contributed by atoms with Gasteiger partial charge in [0.05, 0.1) is 18.3 Å². The molecule has 0 saturated carbocycles. The van der Waals surface area contributed by atoms with Crippen LogP contribution < -0.4 is 4.74 Å². The predicted octanol–water partition coefficient (Wildman–Crippen LogP) is 2.92. The summed E-state index contributed by atoms with van der Waals surface area (Å²) in [6.45, 7) is 1.44. The molecule has 0 fully saturated rings. The van der Waals surface area contributed by atoms with Crippen LogP contribution in [0.5, 0.6) is 5.75 Å².